The quantitative estimate of drug-likeness (QED) is 0.204. The molecule has 4 rings (SSSR count). The summed E-state index contributed by atoms with van der Waals surface area (Å²) in [5.74, 6) is 1.42. The fourth-order valence-corrected chi connectivity index (χ4v) is 3.56. The largest absolute Gasteiger partial charge is 0.496 e. The van der Waals surface area contributed by atoms with Crippen molar-refractivity contribution in [1.82, 2.24) is 0 Å². The molecule has 3 nitrogen and oxygen atoms in total. The van der Waals surface area contributed by atoms with Crippen LogP contribution in [0, 0.1) is 0 Å². The molecule has 0 unspecified atom stereocenters. The molecule has 0 N–H and O–H groups in total. The molecular formula is C29H23ClO3. The average molecular weight is 455 g/mol. The van der Waals surface area contributed by atoms with Crippen LogP contribution in [0.4, 0.5) is 0 Å². The van der Waals surface area contributed by atoms with E-state index >= 15 is 0 Å². The molecule has 0 fully saturated rings. The zero-order valence-corrected chi connectivity index (χ0v) is 19.0. The molecule has 4 heteroatoms. The zero-order valence-electron chi connectivity index (χ0n) is 18.2. The molecule has 0 spiro atoms. The third-order valence-corrected chi connectivity index (χ3v) is 5.47. The Labute approximate surface area is 198 Å². The average Bonchev–Trinajstić information content (AvgIpc) is 2.87. The molecule has 33 heavy (non-hydrogen) atoms. The highest BCUT2D eigenvalue weighted by Crippen LogP contribution is 2.25. The molecular weight excluding hydrogens is 432 g/mol. The Hall–Kier alpha value is -3.82. The summed E-state index contributed by atoms with van der Waals surface area (Å²) >= 11 is 5.89. The van der Waals surface area contributed by atoms with Crippen LogP contribution in [0.25, 0.3) is 17.2 Å². The Kier molecular flexibility index (Phi) is 7.23. The first kappa shape index (κ1) is 22.4. The number of halogens is 1. The summed E-state index contributed by atoms with van der Waals surface area (Å²) in [4.78, 5) is 12.4. The van der Waals surface area contributed by atoms with Crippen LogP contribution in [0.15, 0.2) is 103 Å². The lowest BCUT2D eigenvalue weighted by molar-refractivity contribution is 0.104. The third-order valence-electron chi connectivity index (χ3n) is 5.22. The van der Waals surface area contributed by atoms with Crippen molar-refractivity contribution in [3.05, 3.63) is 125 Å². The van der Waals surface area contributed by atoms with Crippen LogP contribution in [0.5, 0.6) is 11.5 Å². The second-order valence-electron chi connectivity index (χ2n) is 7.45. The number of ketones is 1. The van der Waals surface area contributed by atoms with E-state index in [1.54, 1.807) is 43.5 Å². The SMILES string of the molecule is COc1ccc(/C=C/C(=O)c2ccc(Cl)cc2)cc1COc1ccc(-c2ccccc2)cc1. The summed E-state index contributed by atoms with van der Waals surface area (Å²) in [6.07, 6.45) is 3.34. The van der Waals surface area contributed by atoms with Gasteiger partial charge >= 0.3 is 0 Å². The van der Waals surface area contributed by atoms with E-state index in [4.69, 9.17) is 21.1 Å². The molecule has 0 aliphatic heterocycles. The lowest BCUT2D eigenvalue weighted by Gasteiger charge is -2.12. The summed E-state index contributed by atoms with van der Waals surface area (Å²) in [7, 11) is 1.63. The van der Waals surface area contributed by atoms with E-state index in [9.17, 15) is 4.79 Å². The molecule has 0 radical (unpaired) electrons. The van der Waals surface area contributed by atoms with Gasteiger partial charge in [0, 0.05) is 16.1 Å². The molecule has 0 aromatic heterocycles. The normalized spacial score (nSPS) is 10.8. The predicted octanol–water partition coefficient (Wildman–Crippen LogP) is 7.49. The number of carbonyl (C=O) groups is 1. The minimum absolute atomic E-state index is 0.0845. The van der Waals surface area contributed by atoms with Gasteiger partial charge in [-0.05, 0) is 71.3 Å². The van der Waals surface area contributed by atoms with Gasteiger partial charge in [0.05, 0.1) is 7.11 Å². The first-order valence-corrected chi connectivity index (χ1v) is 10.9. The van der Waals surface area contributed by atoms with Gasteiger partial charge in [0.1, 0.15) is 18.1 Å². The molecule has 4 aromatic rings. The Bertz CT molecular complexity index is 1240. The van der Waals surface area contributed by atoms with E-state index in [1.165, 1.54) is 5.56 Å². The summed E-state index contributed by atoms with van der Waals surface area (Å²) < 4.78 is 11.5. The second-order valence-corrected chi connectivity index (χ2v) is 7.89. The Balaban J connectivity index is 1.44. The standard InChI is InChI=1S/C29H23ClO3/c1-32-29-18-8-21(7-17-28(31)24-9-13-26(30)14-10-24)19-25(29)20-33-27-15-11-23(12-16-27)22-5-3-2-4-6-22/h2-19H,20H2,1H3/b17-7+. The van der Waals surface area contributed by atoms with Gasteiger partial charge in [0.25, 0.3) is 0 Å². The van der Waals surface area contributed by atoms with Gasteiger partial charge < -0.3 is 9.47 Å². The molecule has 0 saturated heterocycles. The molecule has 0 saturated carbocycles. The van der Waals surface area contributed by atoms with E-state index < -0.39 is 0 Å². The van der Waals surface area contributed by atoms with Gasteiger partial charge in [-0.2, -0.15) is 0 Å². The topological polar surface area (TPSA) is 35.5 Å². The maximum atomic E-state index is 12.4. The minimum Gasteiger partial charge on any atom is -0.496 e. The van der Waals surface area contributed by atoms with Crippen LogP contribution in [0.2, 0.25) is 5.02 Å². The van der Waals surface area contributed by atoms with Crippen LogP contribution in [0.1, 0.15) is 21.5 Å². The highest BCUT2D eigenvalue weighted by molar-refractivity contribution is 6.30. The van der Waals surface area contributed by atoms with Crippen molar-refractivity contribution in [3.8, 4) is 22.6 Å². The highest BCUT2D eigenvalue weighted by atomic mass is 35.5. The van der Waals surface area contributed by atoms with Gasteiger partial charge in [0.2, 0.25) is 0 Å². The van der Waals surface area contributed by atoms with Crippen molar-refractivity contribution in [2.45, 2.75) is 6.61 Å². The van der Waals surface area contributed by atoms with Crippen molar-refractivity contribution < 1.29 is 14.3 Å². The lowest BCUT2D eigenvalue weighted by atomic mass is 10.1. The molecule has 0 amide bonds. The summed E-state index contributed by atoms with van der Waals surface area (Å²) in [5.41, 5.74) is 4.67. The number of rotatable bonds is 8. The Morgan fingerprint density at radius 1 is 0.848 bits per heavy atom. The van der Waals surface area contributed by atoms with Crippen LogP contribution >= 0.6 is 11.6 Å². The molecule has 0 aliphatic rings. The van der Waals surface area contributed by atoms with Gasteiger partial charge in [-0.25, -0.2) is 0 Å². The number of benzene rings is 4. The predicted molar refractivity (Wildman–Crippen MR) is 134 cm³/mol. The zero-order chi connectivity index (χ0) is 23.0. The summed E-state index contributed by atoms with van der Waals surface area (Å²) in [6, 6.07) is 30.8. The summed E-state index contributed by atoms with van der Waals surface area (Å²) in [5, 5.41) is 0.602. The first-order chi connectivity index (χ1) is 16.1. The maximum absolute atomic E-state index is 12.4. The molecule has 0 aliphatic carbocycles. The minimum atomic E-state index is -0.0845. The summed E-state index contributed by atoms with van der Waals surface area (Å²) in [6.45, 7) is 0.348. The van der Waals surface area contributed by atoms with Crippen LogP contribution in [-0.2, 0) is 6.61 Å². The molecule has 0 heterocycles. The Morgan fingerprint density at radius 3 is 2.24 bits per heavy atom. The molecule has 164 valence electrons. The van der Waals surface area contributed by atoms with Gasteiger partial charge in [0.15, 0.2) is 5.78 Å². The van der Waals surface area contributed by atoms with Crippen molar-refractivity contribution in [2.24, 2.45) is 0 Å². The van der Waals surface area contributed by atoms with Crippen molar-refractivity contribution in [1.29, 1.82) is 0 Å². The smallest absolute Gasteiger partial charge is 0.185 e. The second kappa shape index (κ2) is 10.7. The number of ether oxygens (including phenoxy) is 2. The maximum Gasteiger partial charge on any atom is 0.185 e. The molecule has 0 atom stereocenters. The van der Waals surface area contributed by atoms with Gasteiger partial charge in [-0.1, -0.05) is 66.2 Å². The van der Waals surface area contributed by atoms with E-state index in [-0.39, 0.29) is 5.78 Å². The van der Waals surface area contributed by atoms with Gasteiger partial charge in [-0.15, -0.1) is 0 Å². The van der Waals surface area contributed by atoms with Crippen LogP contribution in [-0.4, -0.2) is 12.9 Å². The van der Waals surface area contributed by atoms with Crippen LogP contribution in [0.3, 0.4) is 0 Å². The van der Waals surface area contributed by atoms with Gasteiger partial charge in [-0.3, -0.25) is 4.79 Å². The number of hydrogen-bond donors (Lipinski definition) is 0. The fraction of sp³-hybridized carbons (Fsp3) is 0.0690. The monoisotopic (exact) mass is 454 g/mol. The lowest BCUT2D eigenvalue weighted by Crippen LogP contribution is -1.99. The number of allylic oxidation sites excluding steroid dienone is 1. The van der Waals surface area contributed by atoms with Crippen molar-refractivity contribution in [3.63, 3.8) is 0 Å². The van der Waals surface area contributed by atoms with E-state index in [0.717, 1.165) is 28.2 Å². The van der Waals surface area contributed by atoms with Crippen molar-refractivity contribution >= 4 is 23.5 Å². The van der Waals surface area contributed by atoms with E-state index in [2.05, 4.69) is 12.1 Å². The number of hydrogen-bond acceptors (Lipinski definition) is 3. The Morgan fingerprint density at radius 2 is 1.55 bits per heavy atom. The van der Waals surface area contributed by atoms with E-state index in [0.29, 0.717) is 17.2 Å². The fourth-order valence-electron chi connectivity index (χ4n) is 3.43. The highest BCUT2D eigenvalue weighted by Gasteiger charge is 2.07. The molecule has 4 aromatic carbocycles. The van der Waals surface area contributed by atoms with Crippen LogP contribution < -0.4 is 9.47 Å². The van der Waals surface area contributed by atoms with E-state index in [1.807, 2.05) is 60.7 Å². The van der Waals surface area contributed by atoms with Crippen molar-refractivity contribution in [2.75, 3.05) is 7.11 Å². The third kappa shape index (κ3) is 5.91. The number of methoxy groups -OCH3 is 1. The molecule has 0 bridgehead atoms. The number of carbonyl (C=O) groups excluding carboxylic acids is 1. The first-order valence-electron chi connectivity index (χ1n) is 10.6.